The molecule has 1 fully saturated rings. The fraction of sp³-hybridized carbons (Fsp3) is 0.407. The maximum Gasteiger partial charge on any atom is 0.248 e. The zero-order valence-corrected chi connectivity index (χ0v) is 21.7. The first kappa shape index (κ1) is 26.4. The molecule has 4 atom stereocenters. The van der Waals surface area contributed by atoms with Crippen LogP contribution in [0, 0.1) is 17.7 Å². The van der Waals surface area contributed by atoms with Crippen molar-refractivity contribution >= 4 is 20.5 Å². The Hall–Kier alpha value is -2.67. The van der Waals surface area contributed by atoms with Gasteiger partial charge in [-0.3, -0.25) is 4.79 Å². The lowest BCUT2D eigenvalue weighted by Crippen LogP contribution is -2.44. The molecule has 6 nitrogen and oxygen atoms in total. The number of nitrogens with zero attached hydrogens (tertiary/aromatic N) is 2. The fourth-order valence-electron chi connectivity index (χ4n) is 4.88. The Morgan fingerprint density at radius 1 is 1.22 bits per heavy atom. The number of alkyl halides is 1. The number of hydrogen-bond acceptors (Lipinski definition) is 4. The maximum absolute atomic E-state index is 14.5. The third-order valence-electron chi connectivity index (χ3n) is 6.70. The number of carbonyl (C=O) groups is 1. The van der Waals surface area contributed by atoms with Crippen LogP contribution in [0.4, 0.5) is 8.78 Å². The molecule has 4 rings (SSSR count). The number of amides is 1. The van der Waals surface area contributed by atoms with Gasteiger partial charge in [-0.1, -0.05) is 50.2 Å². The molecule has 1 aromatic heterocycles. The minimum absolute atomic E-state index is 0.0819. The van der Waals surface area contributed by atoms with Gasteiger partial charge in [-0.05, 0) is 28.9 Å². The Kier molecular flexibility index (Phi) is 8.50. The third kappa shape index (κ3) is 5.83. The third-order valence-corrected chi connectivity index (χ3v) is 7.20. The number of aromatic nitrogens is 2. The van der Waals surface area contributed by atoms with Crippen molar-refractivity contribution in [1.29, 1.82) is 0 Å². The van der Waals surface area contributed by atoms with Crippen molar-refractivity contribution in [3.63, 3.8) is 0 Å². The highest BCUT2D eigenvalue weighted by molar-refractivity contribution is 7.27. The molecule has 9 heteroatoms. The summed E-state index contributed by atoms with van der Waals surface area (Å²) in [6.07, 6.45) is -0.552. The molecule has 1 amide bonds. The van der Waals surface area contributed by atoms with Gasteiger partial charge in [0.1, 0.15) is 24.4 Å². The highest BCUT2D eigenvalue weighted by atomic mass is 31.0. The number of carbonyl (C=O) groups excluding carboxylic acids is 1. The molecule has 0 saturated carbocycles. The zero-order valence-electron chi connectivity index (χ0n) is 20.5. The smallest absolute Gasteiger partial charge is 0.248 e. The summed E-state index contributed by atoms with van der Waals surface area (Å²) in [6.45, 7) is 4.16. The predicted molar refractivity (Wildman–Crippen MR) is 140 cm³/mol. The molecule has 192 valence electrons. The number of aromatic amines is 1. The van der Waals surface area contributed by atoms with Crippen molar-refractivity contribution in [2.75, 3.05) is 26.2 Å². The molecule has 3 N–H and O–H groups in total. The van der Waals surface area contributed by atoms with E-state index in [1.165, 1.54) is 12.1 Å². The Morgan fingerprint density at radius 2 is 1.97 bits per heavy atom. The molecular formula is C27H33F2N4O2P. The number of aliphatic hydroxyl groups excluding tert-OH is 1. The van der Waals surface area contributed by atoms with E-state index in [1.54, 1.807) is 11.0 Å². The first-order chi connectivity index (χ1) is 17.3. The summed E-state index contributed by atoms with van der Waals surface area (Å²) in [7, 11) is 2.60. The van der Waals surface area contributed by atoms with Gasteiger partial charge < -0.3 is 20.3 Å². The summed E-state index contributed by atoms with van der Waals surface area (Å²) in [5, 5.41) is 13.6. The first-order valence-electron chi connectivity index (χ1n) is 12.2. The van der Waals surface area contributed by atoms with Gasteiger partial charge in [-0.25, -0.2) is 13.8 Å². The topological polar surface area (TPSA) is 81.2 Å². The van der Waals surface area contributed by atoms with Gasteiger partial charge in [-0.15, -0.1) is 9.24 Å². The van der Waals surface area contributed by atoms with Crippen molar-refractivity contribution in [3.8, 4) is 11.4 Å². The molecule has 1 aliphatic heterocycles. The van der Waals surface area contributed by atoms with Crippen LogP contribution in [0.15, 0.2) is 48.5 Å². The maximum atomic E-state index is 14.5. The van der Waals surface area contributed by atoms with Gasteiger partial charge in [0.05, 0.1) is 11.7 Å². The van der Waals surface area contributed by atoms with Crippen molar-refractivity contribution in [1.82, 2.24) is 20.2 Å². The number of rotatable bonds is 9. The van der Waals surface area contributed by atoms with Crippen LogP contribution >= 0.6 is 9.24 Å². The lowest BCUT2D eigenvalue weighted by molar-refractivity contribution is -0.138. The Bertz CT molecular complexity index is 1190. The normalized spacial score (nSPS) is 18.5. The lowest BCUT2D eigenvalue weighted by atomic mass is 9.94. The summed E-state index contributed by atoms with van der Waals surface area (Å²) >= 11 is 0. The number of benzene rings is 2. The number of aliphatic hydroxyl groups is 1. The molecule has 4 unspecified atom stereocenters. The van der Waals surface area contributed by atoms with E-state index in [-0.39, 0.29) is 30.7 Å². The van der Waals surface area contributed by atoms with Crippen LogP contribution in [-0.4, -0.2) is 58.3 Å². The lowest BCUT2D eigenvalue weighted by Gasteiger charge is -2.36. The number of imidazole rings is 1. The molecule has 2 aromatic carbocycles. The average Bonchev–Trinajstić information content (AvgIpc) is 3.46. The molecule has 1 saturated heterocycles. The SMILES string of the molecule is CC(C)C(c1nc(-c2cc(F)ccc2P)[nH]c1Cc1ccccc1)N(CC1CNCC1F)C(=O)CO. The van der Waals surface area contributed by atoms with Crippen LogP contribution in [0.2, 0.25) is 0 Å². The number of hydrogen-bond donors (Lipinski definition) is 3. The second kappa shape index (κ2) is 11.6. The Labute approximate surface area is 212 Å². The van der Waals surface area contributed by atoms with Crippen LogP contribution < -0.4 is 10.6 Å². The second-order valence-electron chi connectivity index (χ2n) is 9.67. The molecule has 0 aliphatic carbocycles. The van der Waals surface area contributed by atoms with E-state index < -0.39 is 24.7 Å². The number of H-pyrrole nitrogens is 1. The highest BCUT2D eigenvalue weighted by Gasteiger charge is 2.37. The van der Waals surface area contributed by atoms with Crippen LogP contribution in [0.25, 0.3) is 11.4 Å². The molecule has 2 heterocycles. The van der Waals surface area contributed by atoms with Crippen LogP contribution in [0.1, 0.15) is 36.8 Å². The number of nitrogens with one attached hydrogen (secondary N) is 2. The monoisotopic (exact) mass is 514 g/mol. The van der Waals surface area contributed by atoms with E-state index in [2.05, 4.69) is 19.5 Å². The van der Waals surface area contributed by atoms with Crippen molar-refractivity contribution < 1.29 is 18.7 Å². The molecule has 36 heavy (non-hydrogen) atoms. The van der Waals surface area contributed by atoms with Gasteiger partial charge in [0.25, 0.3) is 0 Å². The first-order valence-corrected chi connectivity index (χ1v) is 12.8. The minimum Gasteiger partial charge on any atom is -0.387 e. The molecule has 0 bridgehead atoms. The molecule has 3 aromatic rings. The van der Waals surface area contributed by atoms with E-state index >= 15 is 0 Å². The van der Waals surface area contributed by atoms with Crippen molar-refractivity contribution in [2.24, 2.45) is 11.8 Å². The predicted octanol–water partition coefficient (Wildman–Crippen LogP) is 3.38. The summed E-state index contributed by atoms with van der Waals surface area (Å²) in [5.41, 5.74) is 3.08. The summed E-state index contributed by atoms with van der Waals surface area (Å²) in [6, 6.07) is 13.8. The van der Waals surface area contributed by atoms with Gasteiger partial charge >= 0.3 is 0 Å². The zero-order chi connectivity index (χ0) is 25.8. The van der Waals surface area contributed by atoms with E-state index in [4.69, 9.17) is 4.98 Å². The molecule has 0 spiro atoms. The molecule has 1 aliphatic rings. The van der Waals surface area contributed by atoms with E-state index in [1.807, 2.05) is 44.2 Å². The largest absolute Gasteiger partial charge is 0.387 e. The standard InChI is InChI=1S/C27H33F2N4O2P/c1-16(2)26(33(24(35)15-34)14-18-12-30-13-21(18)29)25-22(10-17-6-4-3-5-7-17)31-27(32-25)20-11-19(28)8-9-23(20)36/h3-9,11,16,18,21,26,30,34H,10,12-15,36H2,1-2H3,(H,31,32). The Balaban J connectivity index is 1.82. The summed E-state index contributed by atoms with van der Waals surface area (Å²) in [5.74, 6) is -0.811. The fourth-order valence-corrected chi connectivity index (χ4v) is 5.20. The van der Waals surface area contributed by atoms with Crippen molar-refractivity contribution in [2.45, 2.75) is 32.5 Å². The quantitative estimate of drug-likeness (QED) is 0.383. The summed E-state index contributed by atoms with van der Waals surface area (Å²) in [4.78, 5) is 22.9. The van der Waals surface area contributed by atoms with Crippen LogP contribution in [-0.2, 0) is 11.2 Å². The van der Waals surface area contributed by atoms with E-state index in [9.17, 15) is 18.7 Å². The van der Waals surface area contributed by atoms with Gasteiger partial charge in [0.2, 0.25) is 5.91 Å². The van der Waals surface area contributed by atoms with Gasteiger partial charge in [0.15, 0.2) is 0 Å². The average molecular weight is 515 g/mol. The molecule has 0 radical (unpaired) electrons. The number of halogens is 2. The minimum atomic E-state index is -1.07. The van der Waals surface area contributed by atoms with Gasteiger partial charge in [-0.2, -0.15) is 0 Å². The van der Waals surface area contributed by atoms with Crippen LogP contribution in [0.3, 0.4) is 0 Å². The van der Waals surface area contributed by atoms with Crippen molar-refractivity contribution in [3.05, 3.63) is 71.3 Å². The molecular weight excluding hydrogens is 481 g/mol. The van der Waals surface area contributed by atoms with E-state index in [0.717, 1.165) is 16.6 Å². The van der Waals surface area contributed by atoms with Crippen LogP contribution in [0.5, 0.6) is 0 Å². The van der Waals surface area contributed by atoms with E-state index in [0.29, 0.717) is 30.0 Å². The second-order valence-corrected chi connectivity index (χ2v) is 10.3. The Morgan fingerprint density at radius 3 is 2.61 bits per heavy atom. The summed E-state index contributed by atoms with van der Waals surface area (Å²) < 4.78 is 28.7. The highest BCUT2D eigenvalue weighted by Crippen LogP contribution is 2.34. The van der Waals surface area contributed by atoms with Gasteiger partial charge in [0, 0.05) is 43.2 Å².